The van der Waals surface area contributed by atoms with E-state index in [1.807, 2.05) is 0 Å². The molecule has 1 aliphatic rings. The zero-order chi connectivity index (χ0) is 18.0. The van der Waals surface area contributed by atoms with E-state index in [2.05, 4.69) is 10.6 Å². The average Bonchev–Trinajstić information content (AvgIpc) is 3.03. The summed E-state index contributed by atoms with van der Waals surface area (Å²) in [7, 11) is 0. The SMILES string of the molecule is O=C1NC[C@@H](C(=O)N[C@@H](c2ccc(Cl)cc2)c2ccc(F)c(Cl)c2)O1. The highest BCUT2D eigenvalue weighted by molar-refractivity contribution is 6.31. The normalized spacial score (nSPS) is 17.6. The van der Waals surface area contributed by atoms with E-state index in [-0.39, 0.29) is 11.6 Å². The number of benzene rings is 2. The molecule has 2 atom stereocenters. The lowest BCUT2D eigenvalue weighted by Gasteiger charge is -2.21. The van der Waals surface area contributed by atoms with Crippen LogP contribution in [-0.4, -0.2) is 24.6 Å². The molecule has 2 aromatic carbocycles. The van der Waals surface area contributed by atoms with Gasteiger partial charge in [-0.25, -0.2) is 9.18 Å². The Labute approximate surface area is 153 Å². The van der Waals surface area contributed by atoms with Crippen molar-refractivity contribution in [2.24, 2.45) is 0 Å². The first-order chi connectivity index (χ1) is 11.9. The summed E-state index contributed by atoms with van der Waals surface area (Å²) in [5.41, 5.74) is 1.30. The number of carbonyl (C=O) groups is 2. The molecule has 1 saturated heterocycles. The molecule has 8 heteroatoms. The van der Waals surface area contributed by atoms with Gasteiger partial charge in [0.1, 0.15) is 5.82 Å². The van der Waals surface area contributed by atoms with E-state index in [1.165, 1.54) is 18.2 Å². The van der Waals surface area contributed by atoms with Crippen molar-refractivity contribution in [3.63, 3.8) is 0 Å². The molecule has 1 aliphatic heterocycles. The second-order valence-corrected chi connectivity index (χ2v) is 6.29. The van der Waals surface area contributed by atoms with E-state index in [9.17, 15) is 14.0 Å². The number of halogens is 3. The molecule has 5 nitrogen and oxygen atoms in total. The molecule has 0 saturated carbocycles. The number of nitrogens with one attached hydrogen (secondary N) is 2. The molecule has 0 bridgehead atoms. The molecule has 0 spiro atoms. The number of carbonyl (C=O) groups excluding carboxylic acids is 2. The molecule has 2 aromatic rings. The van der Waals surface area contributed by atoms with Gasteiger partial charge in [0, 0.05) is 5.02 Å². The third-order valence-electron chi connectivity index (χ3n) is 3.74. The van der Waals surface area contributed by atoms with Crippen molar-refractivity contribution >= 4 is 35.2 Å². The predicted molar refractivity (Wildman–Crippen MR) is 91.1 cm³/mol. The monoisotopic (exact) mass is 382 g/mol. The van der Waals surface area contributed by atoms with Crippen molar-refractivity contribution in [2.75, 3.05) is 6.54 Å². The van der Waals surface area contributed by atoms with E-state index in [0.29, 0.717) is 10.6 Å². The predicted octanol–water partition coefficient (Wildman–Crippen LogP) is 3.45. The Balaban J connectivity index is 1.91. The lowest BCUT2D eigenvalue weighted by atomic mass is 9.98. The van der Waals surface area contributed by atoms with Crippen LogP contribution in [0.5, 0.6) is 0 Å². The van der Waals surface area contributed by atoms with Gasteiger partial charge in [-0.2, -0.15) is 0 Å². The van der Waals surface area contributed by atoms with Crippen molar-refractivity contribution in [1.29, 1.82) is 0 Å². The van der Waals surface area contributed by atoms with Gasteiger partial charge in [0.05, 0.1) is 17.6 Å². The summed E-state index contributed by atoms with van der Waals surface area (Å²) in [6, 6.07) is 10.4. The third kappa shape index (κ3) is 4.03. The number of amides is 2. The first-order valence-electron chi connectivity index (χ1n) is 7.39. The maximum atomic E-state index is 13.5. The Hall–Kier alpha value is -2.31. The van der Waals surface area contributed by atoms with Crippen LogP contribution in [0.2, 0.25) is 10.0 Å². The molecule has 0 radical (unpaired) electrons. The second kappa shape index (κ2) is 7.29. The topological polar surface area (TPSA) is 67.4 Å². The molecule has 0 aliphatic carbocycles. The fraction of sp³-hybridized carbons (Fsp3) is 0.176. The smallest absolute Gasteiger partial charge is 0.408 e. The highest BCUT2D eigenvalue weighted by atomic mass is 35.5. The van der Waals surface area contributed by atoms with E-state index in [0.717, 1.165) is 5.56 Å². The lowest BCUT2D eigenvalue weighted by molar-refractivity contribution is -0.128. The van der Waals surface area contributed by atoms with Crippen LogP contribution in [0.1, 0.15) is 17.2 Å². The van der Waals surface area contributed by atoms with Gasteiger partial charge in [0.25, 0.3) is 5.91 Å². The van der Waals surface area contributed by atoms with Crippen LogP contribution in [0.25, 0.3) is 0 Å². The molecule has 0 aromatic heterocycles. The number of ether oxygens (including phenoxy) is 1. The molecule has 0 unspecified atom stereocenters. The molecule has 130 valence electrons. The number of hydrogen-bond donors (Lipinski definition) is 2. The van der Waals surface area contributed by atoms with Crippen molar-refractivity contribution < 1.29 is 18.7 Å². The molecule has 1 heterocycles. The van der Waals surface area contributed by atoms with Crippen molar-refractivity contribution in [1.82, 2.24) is 10.6 Å². The largest absolute Gasteiger partial charge is 0.434 e. The fourth-order valence-corrected chi connectivity index (χ4v) is 2.79. The summed E-state index contributed by atoms with van der Waals surface area (Å²) in [4.78, 5) is 23.5. The van der Waals surface area contributed by atoms with Gasteiger partial charge in [-0.15, -0.1) is 0 Å². The van der Waals surface area contributed by atoms with Gasteiger partial charge in [-0.3, -0.25) is 4.79 Å². The molecular formula is C17H13Cl2FN2O3. The number of cyclic esters (lactones) is 1. The molecule has 2 amide bonds. The highest BCUT2D eigenvalue weighted by Gasteiger charge is 2.31. The first kappa shape index (κ1) is 17.5. The average molecular weight is 383 g/mol. The Bertz CT molecular complexity index is 814. The number of hydrogen-bond acceptors (Lipinski definition) is 3. The van der Waals surface area contributed by atoms with Gasteiger partial charge < -0.3 is 15.4 Å². The minimum absolute atomic E-state index is 0.0559. The van der Waals surface area contributed by atoms with E-state index >= 15 is 0 Å². The maximum Gasteiger partial charge on any atom is 0.408 e. The highest BCUT2D eigenvalue weighted by Crippen LogP contribution is 2.27. The Morgan fingerprint density at radius 2 is 1.88 bits per heavy atom. The van der Waals surface area contributed by atoms with E-state index < -0.39 is 30.0 Å². The fourth-order valence-electron chi connectivity index (χ4n) is 2.48. The van der Waals surface area contributed by atoms with Crippen molar-refractivity contribution in [3.05, 3.63) is 69.5 Å². The first-order valence-corrected chi connectivity index (χ1v) is 8.15. The van der Waals surface area contributed by atoms with Crippen molar-refractivity contribution in [2.45, 2.75) is 12.1 Å². The van der Waals surface area contributed by atoms with Crippen LogP contribution >= 0.6 is 23.2 Å². The van der Waals surface area contributed by atoms with Crippen LogP contribution in [0.4, 0.5) is 9.18 Å². The van der Waals surface area contributed by atoms with Gasteiger partial charge in [0.2, 0.25) is 0 Å². The summed E-state index contributed by atoms with van der Waals surface area (Å²) in [6.45, 7) is 0.0855. The van der Waals surface area contributed by atoms with E-state index in [1.54, 1.807) is 24.3 Å². The van der Waals surface area contributed by atoms with Crippen LogP contribution in [-0.2, 0) is 9.53 Å². The molecule has 2 N–H and O–H groups in total. The number of alkyl carbamates (subject to hydrolysis) is 1. The summed E-state index contributed by atoms with van der Waals surface area (Å²) in [5.74, 6) is -1.03. The van der Waals surface area contributed by atoms with Gasteiger partial charge >= 0.3 is 6.09 Å². The van der Waals surface area contributed by atoms with Gasteiger partial charge in [0.15, 0.2) is 6.10 Å². The van der Waals surface area contributed by atoms with Crippen LogP contribution in [0.15, 0.2) is 42.5 Å². The minimum atomic E-state index is -0.932. The summed E-state index contributed by atoms with van der Waals surface area (Å²) in [6.07, 6.45) is -1.58. The van der Waals surface area contributed by atoms with Crippen LogP contribution < -0.4 is 10.6 Å². The molecule has 3 rings (SSSR count). The summed E-state index contributed by atoms with van der Waals surface area (Å²) >= 11 is 11.8. The van der Waals surface area contributed by atoms with Crippen molar-refractivity contribution in [3.8, 4) is 0 Å². The zero-order valence-electron chi connectivity index (χ0n) is 12.8. The summed E-state index contributed by atoms with van der Waals surface area (Å²) < 4.78 is 18.4. The Morgan fingerprint density at radius 1 is 1.20 bits per heavy atom. The lowest BCUT2D eigenvalue weighted by Crippen LogP contribution is -2.39. The standard InChI is InChI=1S/C17H13Cl2FN2O3/c18-11-4-1-9(2-5-11)15(10-3-6-13(20)12(19)7-10)22-16(23)14-8-21-17(24)25-14/h1-7,14-15H,8H2,(H,21,24)(H,22,23)/t14-,15-/m0/s1. The van der Waals surface area contributed by atoms with E-state index in [4.69, 9.17) is 27.9 Å². The molecular weight excluding hydrogens is 370 g/mol. The summed E-state index contributed by atoms with van der Waals surface area (Å²) in [5, 5.41) is 5.70. The molecule has 1 fully saturated rings. The van der Waals surface area contributed by atoms with Crippen LogP contribution in [0, 0.1) is 5.82 Å². The third-order valence-corrected chi connectivity index (χ3v) is 4.28. The zero-order valence-corrected chi connectivity index (χ0v) is 14.3. The minimum Gasteiger partial charge on any atom is -0.434 e. The quantitative estimate of drug-likeness (QED) is 0.850. The molecule has 25 heavy (non-hydrogen) atoms. The Morgan fingerprint density at radius 3 is 2.48 bits per heavy atom. The Kier molecular flexibility index (Phi) is 5.11. The van der Waals surface area contributed by atoms with Gasteiger partial charge in [-0.05, 0) is 35.4 Å². The number of rotatable bonds is 4. The second-order valence-electron chi connectivity index (χ2n) is 5.44. The maximum absolute atomic E-state index is 13.5. The van der Waals surface area contributed by atoms with Crippen LogP contribution in [0.3, 0.4) is 0 Å². The van der Waals surface area contributed by atoms with Gasteiger partial charge in [-0.1, -0.05) is 41.4 Å².